The molecule has 0 N–H and O–H groups in total. The fraction of sp³-hybridized carbons (Fsp3) is 0.740. The van der Waals surface area contributed by atoms with Crippen LogP contribution in [0, 0.1) is 0 Å². The van der Waals surface area contributed by atoms with E-state index in [1.165, 1.54) is 70.6 Å². The predicted molar refractivity (Wildman–Crippen MR) is 238 cm³/mol. The second kappa shape index (κ2) is 44.8. The highest BCUT2D eigenvalue weighted by Gasteiger charge is 2.19. The standard InChI is InChI=1S/C50H86O6/c1-4-7-10-13-16-18-20-21-22-23-24-25-26-27-28-29-30-32-34-37-40-43-49(52)55-46-47(45-54-48(51)42-39-36-33-15-12-9-6-3)56-50(53)44-41-38-35-31-19-17-14-11-8-5-2/h7,10,16,18,21-22,24-25,27-28,47H,4-6,8-9,11-15,17,19-20,23,26,29-46H2,1-3H3/b10-7-,18-16-,22-21-,25-24-,28-27-. The van der Waals surface area contributed by atoms with Crippen LogP contribution in [0.2, 0.25) is 0 Å². The summed E-state index contributed by atoms with van der Waals surface area (Å²) in [4.78, 5) is 37.6. The summed E-state index contributed by atoms with van der Waals surface area (Å²) in [6.07, 6.45) is 53.6. The van der Waals surface area contributed by atoms with Crippen LogP contribution in [0.5, 0.6) is 0 Å². The molecule has 0 bridgehead atoms. The smallest absolute Gasteiger partial charge is 0.306 e. The van der Waals surface area contributed by atoms with Gasteiger partial charge in [-0.1, -0.05) is 197 Å². The average molecular weight is 783 g/mol. The van der Waals surface area contributed by atoms with Crippen molar-refractivity contribution in [2.24, 2.45) is 0 Å². The van der Waals surface area contributed by atoms with Crippen molar-refractivity contribution in [2.75, 3.05) is 13.2 Å². The summed E-state index contributed by atoms with van der Waals surface area (Å²) in [6, 6.07) is 0. The molecule has 0 aromatic carbocycles. The van der Waals surface area contributed by atoms with Gasteiger partial charge in [0.2, 0.25) is 0 Å². The predicted octanol–water partition coefficient (Wildman–Crippen LogP) is 14.9. The van der Waals surface area contributed by atoms with Crippen LogP contribution in [-0.2, 0) is 28.6 Å². The third-order valence-corrected chi connectivity index (χ3v) is 9.79. The number of carbonyl (C=O) groups excluding carboxylic acids is 3. The van der Waals surface area contributed by atoms with E-state index in [2.05, 4.69) is 81.5 Å². The van der Waals surface area contributed by atoms with E-state index >= 15 is 0 Å². The van der Waals surface area contributed by atoms with Crippen LogP contribution >= 0.6 is 0 Å². The highest BCUT2D eigenvalue weighted by molar-refractivity contribution is 5.71. The van der Waals surface area contributed by atoms with E-state index < -0.39 is 6.10 Å². The monoisotopic (exact) mass is 783 g/mol. The Kier molecular flexibility index (Phi) is 42.5. The first-order valence-corrected chi connectivity index (χ1v) is 23.3. The van der Waals surface area contributed by atoms with Gasteiger partial charge in [0.1, 0.15) is 13.2 Å². The van der Waals surface area contributed by atoms with E-state index in [1.54, 1.807) is 0 Å². The normalized spacial score (nSPS) is 12.6. The zero-order valence-electron chi connectivity index (χ0n) is 36.6. The minimum atomic E-state index is -0.775. The second-order valence-electron chi connectivity index (χ2n) is 15.3. The van der Waals surface area contributed by atoms with Crippen LogP contribution in [0.3, 0.4) is 0 Å². The molecular formula is C50H86O6. The molecule has 0 fully saturated rings. The van der Waals surface area contributed by atoms with E-state index in [0.29, 0.717) is 19.3 Å². The van der Waals surface area contributed by atoms with Crippen molar-refractivity contribution in [3.63, 3.8) is 0 Å². The zero-order chi connectivity index (χ0) is 40.8. The number of rotatable bonds is 41. The first-order chi connectivity index (χ1) is 27.5. The van der Waals surface area contributed by atoms with Crippen LogP contribution < -0.4 is 0 Å². The van der Waals surface area contributed by atoms with Crippen molar-refractivity contribution in [2.45, 2.75) is 226 Å². The molecule has 1 atom stereocenters. The Hall–Kier alpha value is -2.89. The Balaban J connectivity index is 4.26. The van der Waals surface area contributed by atoms with Crippen LogP contribution in [0.25, 0.3) is 0 Å². The molecule has 56 heavy (non-hydrogen) atoms. The quantitative estimate of drug-likeness (QED) is 0.0266. The van der Waals surface area contributed by atoms with Crippen LogP contribution in [-0.4, -0.2) is 37.2 Å². The molecule has 0 saturated heterocycles. The van der Waals surface area contributed by atoms with E-state index in [-0.39, 0.29) is 31.1 Å². The number of esters is 3. The molecule has 6 heteroatoms. The van der Waals surface area contributed by atoms with Crippen molar-refractivity contribution in [3.05, 3.63) is 60.8 Å². The summed E-state index contributed by atoms with van der Waals surface area (Å²) in [5, 5.41) is 0. The molecule has 0 aliphatic heterocycles. The summed E-state index contributed by atoms with van der Waals surface area (Å²) in [5.41, 5.74) is 0. The molecule has 1 unspecified atom stereocenters. The van der Waals surface area contributed by atoms with Crippen molar-refractivity contribution < 1.29 is 28.6 Å². The maximum atomic E-state index is 12.7. The first kappa shape index (κ1) is 53.1. The molecule has 0 aromatic rings. The van der Waals surface area contributed by atoms with Gasteiger partial charge < -0.3 is 14.2 Å². The SMILES string of the molecule is CC/C=C\C/C=C\C/C=C\C/C=C\C/C=C\CCCCCCCC(=O)OCC(COC(=O)CCCCCCCCC)OC(=O)CCCCCCCCCCCC. The van der Waals surface area contributed by atoms with E-state index in [4.69, 9.17) is 14.2 Å². The minimum absolute atomic E-state index is 0.0791. The molecule has 322 valence electrons. The van der Waals surface area contributed by atoms with Crippen LogP contribution in [0.1, 0.15) is 220 Å². The summed E-state index contributed by atoms with van der Waals surface area (Å²) >= 11 is 0. The Morgan fingerprint density at radius 1 is 0.375 bits per heavy atom. The van der Waals surface area contributed by atoms with Crippen molar-refractivity contribution >= 4 is 17.9 Å². The van der Waals surface area contributed by atoms with Gasteiger partial charge >= 0.3 is 17.9 Å². The van der Waals surface area contributed by atoms with Crippen molar-refractivity contribution in [3.8, 4) is 0 Å². The van der Waals surface area contributed by atoms with E-state index in [9.17, 15) is 14.4 Å². The average Bonchev–Trinajstić information content (AvgIpc) is 3.19. The number of allylic oxidation sites excluding steroid dienone is 10. The lowest BCUT2D eigenvalue weighted by atomic mass is 10.1. The van der Waals surface area contributed by atoms with Crippen molar-refractivity contribution in [1.82, 2.24) is 0 Å². The number of ether oxygens (including phenoxy) is 3. The maximum Gasteiger partial charge on any atom is 0.306 e. The van der Waals surface area contributed by atoms with Gasteiger partial charge in [0, 0.05) is 19.3 Å². The van der Waals surface area contributed by atoms with E-state index in [0.717, 1.165) is 109 Å². The summed E-state index contributed by atoms with van der Waals surface area (Å²) in [6.45, 7) is 6.44. The molecule has 0 radical (unpaired) electrons. The fourth-order valence-electron chi connectivity index (χ4n) is 6.29. The van der Waals surface area contributed by atoms with Gasteiger partial charge in [0.25, 0.3) is 0 Å². The molecular weight excluding hydrogens is 697 g/mol. The molecule has 0 aliphatic rings. The van der Waals surface area contributed by atoms with Gasteiger partial charge in [-0.25, -0.2) is 0 Å². The number of hydrogen-bond donors (Lipinski definition) is 0. The Morgan fingerprint density at radius 2 is 0.696 bits per heavy atom. The second-order valence-corrected chi connectivity index (χ2v) is 15.3. The maximum absolute atomic E-state index is 12.7. The largest absolute Gasteiger partial charge is 0.462 e. The lowest BCUT2D eigenvalue weighted by Crippen LogP contribution is -2.30. The number of hydrogen-bond acceptors (Lipinski definition) is 6. The molecule has 0 spiro atoms. The van der Waals surface area contributed by atoms with Gasteiger partial charge in [0.15, 0.2) is 6.10 Å². The Morgan fingerprint density at radius 3 is 1.09 bits per heavy atom. The molecule has 0 aromatic heterocycles. The fourth-order valence-corrected chi connectivity index (χ4v) is 6.29. The lowest BCUT2D eigenvalue weighted by Gasteiger charge is -2.18. The van der Waals surface area contributed by atoms with Gasteiger partial charge in [-0.15, -0.1) is 0 Å². The summed E-state index contributed by atoms with van der Waals surface area (Å²) in [5.74, 6) is -0.908. The van der Waals surface area contributed by atoms with Crippen LogP contribution in [0.4, 0.5) is 0 Å². The summed E-state index contributed by atoms with van der Waals surface area (Å²) in [7, 11) is 0. The van der Waals surface area contributed by atoms with Crippen molar-refractivity contribution in [1.29, 1.82) is 0 Å². The number of carbonyl (C=O) groups is 3. The lowest BCUT2D eigenvalue weighted by molar-refractivity contribution is -0.167. The topological polar surface area (TPSA) is 78.9 Å². The Bertz CT molecular complexity index is 1040. The minimum Gasteiger partial charge on any atom is -0.462 e. The van der Waals surface area contributed by atoms with Gasteiger partial charge in [-0.2, -0.15) is 0 Å². The third-order valence-electron chi connectivity index (χ3n) is 9.79. The van der Waals surface area contributed by atoms with Gasteiger partial charge in [-0.05, 0) is 64.2 Å². The third kappa shape index (κ3) is 42.3. The van der Waals surface area contributed by atoms with E-state index in [1.807, 2.05) is 0 Å². The molecule has 0 amide bonds. The first-order valence-electron chi connectivity index (χ1n) is 23.3. The van der Waals surface area contributed by atoms with Crippen LogP contribution in [0.15, 0.2) is 60.8 Å². The highest BCUT2D eigenvalue weighted by atomic mass is 16.6. The highest BCUT2D eigenvalue weighted by Crippen LogP contribution is 2.14. The molecule has 0 saturated carbocycles. The molecule has 0 heterocycles. The zero-order valence-corrected chi connectivity index (χ0v) is 36.6. The molecule has 0 aliphatic carbocycles. The van der Waals surface area contributed by atoms with Gasteiger partial charge in [-0.3, -0.25) is 14.4 Å². The Labute approximate surface area is 345 Å². The molecule has 6 nitrogen and oxygen atoms in total. The number of unbranched alkanes of at least 4 members (excludes halogenated alkanes) is 20. The van der Waals surface area contributed by atoms with Gasteiger partial charge in [0.05, 0.1) is 0 Å². The molecule has 0 rings (SSSR count). The summed E-state index contributed by atoms with van der Waals surface area (Å²) < 4.78 is 16.6.